The van der Waals surface area contributed by atoms with Crippen LogP contribution < -0.4 is 14.4 Å². The Morgan fingerprint density at radius 2 is 1.61 bits per heavy atom. The molecule has 1 fully saturated rings. The van der Waals surface area contributed by atoms with E-state index in [0.717, 1.165) is 11.4 Å². The Morgan fingerprint density at radius 1 is 0.879 bits per heavy atom. The maximum atomic E-state index is 12.5. The van der Waals surface area contributed by atoms with E-state index in [1.165, 1.54) is 6.07 Å². The molecule has 4 rings (SSSR count). The van der Waals surface area contributed by atoms with Crippen LogP contribution >= 0.6 is 0 Å². The zero-order valence-corrected chi connectivity index (χ0v) is 18.4. The van der Waals surface area contributed by atoms with Crippen molar-refractivity contribution in [3.05, 3.63) is 78.3 Å². The minimum absolute atomic E-state index is 0.0405. The van der Waals surface area contributed by atoms with Gasteiger partial charge in [-0.3, -0.25) is 4.79 Å². The van der Waals surface area contributed by atoms with Gasteiger partial charge in [0.05, 0.1) is 7.11 Å². The summed E-state index contributed by atoms with van der Waals surface area (Å²) < 4.78 is 21.4. The summed E-state index contributed by atoms with van der Waals surface area (Å²) in [5.41, 5.74) is 1.08. The highest BCUT2D eigenvalue weighted by Crippen LogP contribution is 2.20. The molecule has 1 amide bonds. The molecule has 1 saturated heterocycles. The fourth-order valence-electron chi connectivity index (χ4n) is 3.53. The number of piperazine rings is 1. The topological polar surface area (TPSA) is 81.5 Å². The second-order valence-electron chi connectivity index (χ2n) is 7.51. The number of nitrogens with zero attached hydrogens (tertiary/aromatic N) is 2. The van der Waals surface area contributed by atoms with E-state index in [4.69, 9.17) is 18.6 Å². The van der Waals surface area contributed by atoms with E-state index in [-0.39, 0.29) is 24.9 Å². The number of esters is 1. The number of carbonyl (C=O) groups excluding carboxylic acids is 2. The summed E-state index contributed by atoms with van der Waals surface area (Å²) in [5.74, 6) is 1.14. The standard InChI is InChI=1S/C25H26N2O6/c1-30-20-9-7-19(8-10-20)26-13-15-27(16-14-26)24(28)18-32-25(29)23-12-11-22(33-23)17-31-21-5-3-2-4-6-21/h2-12H,13-18H2,1H3. The zero-order chi connectivity index (χ0) is 23.0. The van der Waals surface area contributed by atoms with Gasteiger partial charge in [-0.05, 0) is 48.5 Å². The molecule has 8 nitrogen and oxygen atoms in total. The number of benzene rings is 2. The predicted molar refractivity (Wildman–Crippen MR) is 122 cm³/mol. The minimum atomic E-state index is -0.675. The third-order valence-corrected chi connectivity index (χ3v) is 5.38. The van der Waals surface area contributed by atoms with Gasteiger partial charge in [0.25, 0.3) is 5.91 Å². The number of methoxy groups -OCH3 is 1. The Labute approximate surface area is 192 Å². The molecule has 8 heteroatoms. The van der Waals surface area contributed by atoms with Crippen molar-refractivity contribution in [1.82, 2.24) is 4.90 Å². The van der Waals surface area contributed by atoms with Crippen molar-refractivity contribution in [3.8, 4) is 11.5 Å². The summed E-state index contributed by atoms with van der Waals surface area (Å²) in [6.45, 7) is 2.39. The first-order chi connectivity index (χ1) is 16.1. The average Bonchev–Trinajstić information content (AvgIpc) is 3.36. The lowest BCUT2D eigenvalue weighted by molar-refractivity contribution is -0.134. The van der Waals surface area contributed by atoms with Crippen molar-refractivity contribution in [2.75, 3.05) is 44.8 Å². The molecule has 1 aliphatic rings. The highest BCUT2D eigenvalue weighted by atomic mass is 16.6. The number of carbonyl (C=O) groups is 2. The second kappa shape index (κ2) is 10.6. The summed E-state index contributed by atoms with van der Waals surface area (Å²) in [7, 11) is 1.64. The molecule has 2 heterocycles. The summed E-state index contributed by atoms with van der Waals surface area (Å²) in [6, 6.07) is 20.3. The fourth-order valence-corrected chi connectivity index (χ4v) is 3.53. The first-order valence-corrected chi connectivity index (χ1v) is 10.7. The van der Waals surface area contributed by atoms with E-state index in [0.29, 0.717) is 37.7 Å². The molecule has 3 aromatic rings. The molecule has 0 saturated carbocycles. The van der Waals surface area contributed by atoms with Crippen LogP contribution in [0, 0.1) is 0 Å². The Hall–Kier alpha value is -3.94. The number of rotatable bonds is 8. The largest absolute Gasteiger partial charge is 0.497 e. The van der Waals surface area contributed by atoms with Gasteiger partial charge < -0.3 is 28.4 Å². The Morgan fingerprint density at radius 3 is 2.30 bits per heavy atom. The van der Waals surface area contributed by atoms with Crippen LogP contribution in [0.15, 0.2) is 71.1 Å². The monoisotopic (exact) mass is 450 g/mol. The summed E-state index contributed by atoms with van der Waals surface area (Å²) in [4.78, 5) is 28.7. The smallest absolute Gasteiger partial charge is 0.374 e. The SMILES string of the molecule is COc1ccc(N2CCN(C(=O)COC(=O)c3ccc(COc4ccccc4)o3)CC2)cc1. The third-order valence-electron chi connectivity index (χ3n) is 5.38. The maximum Gasteiger partial charge on any atom is 0.374 e. The lowest BCUT2D eigenvalue weighted by Gasteiger charge is -2.36. The van der Waals surface area contributed by atoms with Crippen LogP contribution in [-0.4, -0.2) is 56.7 Å². The van der Waals surface area contributed by atoms with Crippen LogP contribution in [0.25, 0.3) is 0 Å². The van der Waals surface area contributed by atoms with Crippen LogP contribution in [-0.2, 0) is 16.1 Å². The molecule has 2 aromatic carbocycles. The highest BCUT2D eigenvalue weighted by Gasteiger charge is 2.23. The lowest BCUT2D eigenvalue weighted by atomic mass is 10.2. The molecule has 33 heavy (non-hydrogen) atoms. The van der Waals surface area contributed by atoms with Gasteiger partial charge >= 0.3 is 5.97 Å². The molecule has 0 radical (unpaired) electrons. The van der Waals surface area contributed by atoms with Gasteiger partial charge in [-0.1, -0.05) is 18.2 Å². The molecule has 0 spiro atoms. The van der Waals surface area contributed by atoms with Crippen molar-refractivity contribution in [2.24, 2.45) is 0 Å². The average molecular weight is 450 g/mol. The van der Waals surface area contributed by atoms with Gasteiger partial charge in [0.15, 0.2) is 6.61 Å². The van der Waals surface area contributed by atoms with E-state index >= 15 is 0 Å². The maximum absolute atomic E-state index is 12.5. The lowest BCUT2D eigenvalue weighted by Crippen LogP contribution is -2.49. The van der Waals surface area contributed by atoms with Gasteiger partial charge in [-0.2, -0.15) is 0 Å². The van der Waals surface area contributed by atoms with Crippen molar-refractivity contribution in [2.45, 2.75) is 6.61 Å². The molecule has 0 unspecified atom stereocenters. The molecule has 0 atom stereocenters. The molecule has 0 N–H and O–H groups in total. The van der Waals surface area contributed by atoms with Crippen LogP contribution in [0.3, 0.4) is 0 Å². The minimum Gasteiger partial charge on any atom is -0.497 e. The number of hydrogen-bond acceptors (Lipinski definition) is 7. The van der Waals surface area contributed by atoms with Gasteiger partial charge in [-0.15, -0.1) is 0 Å². The number of para-hydroxylation sites is 1. The number of anilines is 1. The second-order valence-corrected chi connectivity index (χ2v) is 7.51. The molecular formula is C25H26N2O6. The normalized spacial score (nSPS) is 13.5. The van der Waals surface area contributed by atoms with Gasteiger partial charge in [0.1, 0.15) is 23.9 Å². The van der Waals surface area contributed by atoms with Crippen LogP contribution in [0.5, 0.6) is 11.5 Å². The predicted octanol–water partition coefficient (Wildman–Crippen LogP) is 3.37. The number of hydrogen-bond donors (Lipinski definition) is 0. The van der Waals surface area contributed by atoms with Crippen LogP contribution in [0.4, 0.5) is 5.69 Å². The van der Waals surface area contributed by atoms with Crippen molar-refractivity contribution in [1.29, 1.82) is 0 Å². The number of amides is 1. The molecule has 0 aliphatic carbocycles. The van der Waals surface area contributed by atoms with Crippen molar-refractivity contribution < 1.29 is 28.2 Å². The van der Waals surface area contributed by atoms with Crippen molar-refractivity contribution >= 4 is 17.6 Å². The quantitative estimate of drug-likeness (QED) is 0.487. The van der Waals surface area contributed by atoms with E-state index in [1.807, 2.05) is 54.6 Å². The molecule has 0 bridgehead atoms. The third kappa shape index (κ3) is 5.85. The van der Waals surface area contributed by atoms with E-state index < -0.39 is 5.97 Å². The first kappa shape index (κ1) is 22.3. The number of furan rings is 1. The van der Waals surface area contributed by atoms with Gasteiger partial charge in [-0.25, -0.2) is 4.79 Å². The summed E-state index contributed by atoms with van der Waals surface area (Å²) >= 11 is 0. The number of ether oxygens (including phenoxy) is 3. The Bertz CT molecular complexity index is 1060. The first-order valence-electron chi connectivity index (χ1n) is 10.7. The summed E-state index contributed by atoms with van der Waals surface area (Å²) in [5, 5.41) is 0. The van der Waals surface area contributed by atoms with E-state index in [1.54, 1.807) is 18.1 Å². The molecule has 1 aliphatic heterocycles. The highest BCUT2D eigenvalue weighted by molar-refractivity contribution is 5.89. The molecular weight excluding hydrogens is 424 g/mol. The zero-order valence-electron chi connectivity index (χ0n) is 18.4. The van der Waals surface area contributed by atoms with Crippen LogP contribution in [0.2, 0.25) is 0 Å². The van der Waals surface area contributed by atoms with Gasteiger partial charge in [0, 0.05) is 31.9 Å². The summed E-state index contributed by atoms with van der Waals surface area (Å²) in [6.07, 6.45) is 0. The Kier molecular flexibility index (Phi) is 7.14. The molecule has 1 aromatic heterocycles. The van der Waals surface area contributed by atoms with Gasteiger partial charge in [0.2, 0.25) is 5.76 Å². The molecule has 172 valence electrons. The van der Waals surface area contributed by atoms with Crippen molar-refractivity contribution in [3.63, 3.8) is 0 Å². The van der Waals surface area contributed by atoms with Crippen LogP contribution in [0.1, 0.15) is 16.3 Å². The Balaban J connectivity index is 1.20. The van der Waals surface area contributed by atoms with E-state index in [2.05, 4.69) is 4.90 Å². The van der Waals surface area contributed by atoms with E-state index in [9.17, 15) is 9.59 Å². The fraction of sp³-hybridized carbons (Fsp3) is 0.280.